The fourth-order valence-corrected chi connectivity index (χ4v) is 4.53. The Morgan fingerprint density at radius 2 is 1.56 bits per heavy atom. The zero-order valence-electron chi connectivity index (χ0n) is 22.2. The summed E-state index contributed by atoms with van der Waals surface area (Å²) < 4.78 is 5.31. The van der Waals surface area contributed by atoms with Crippen LogP contribution in [-0.2, 0) is 25.7 Å². The van der Waals surface area contributed by atoms with Gasteiger partial charge in [-0.05, 0) is 24.0 Å². The molecule has 13 nitrogen and oxygen atoms in total. The lowest BCUT2D eigenvalue weighted by molar-refractivity contribution is -0.145. The summed E-state index contributed by atoms with van der Waals surface area (Å²) >= 11 is 0. The molecule has 13 heteroatoms. The minimum absolute atomic E-state index is 0.00618. The lowest BCUT2D eigenvalue weighted by Gasteiger charge is -2.31. The molecule has 7 N–H and O–H groups in total. The highest BCUT2D eigenvalue weighted by Crippen LogP contribution is 2.20. The molecule has 1 heterocycles. The quantitative estimate of drug-likeness (QED) is 0.166. The van der Waals surface area contributed by atoms with Crippen molar-refractivity contribution < 1.29 is 49.4 Å². The Morgan fingerprint density at radius 3 is 2.17 bits per heavy atom. The van der Waals surface area contributed by atoms with Gasteiger partial charge in [0.25, 0.3) is 5.91 Å². The van der Waals surface area contributed by atoms with Crippen LogP contribution in [0.4, 0.5) is 4.79 Å². The number of ether oxygens (including phenoxy) is 1. The van der Waals surface area contributed by atoms with Gasteiger partial charge >= 0.3 is 12.1 Å². The maximum atomic E-state index is 13.0. The van der Waals surface area contributed by atoms with Crippen LogP contribution in [0.3, 0.4) is 0 Å². The van der Waals surface area contributed by atoms with E-state index in [4.69, 9.17) is 4.74 Å². The van der Waals surface area contributed by atoms with E-state index < -0.39 is 73.3 Å². The molecule has 0 aromatic heterocycles. The second kappa shape index (κ2) is 15.1. The number of nitrogens with one attached hydrogen (secondary N) is 2. The first-order valence-electron chi connectivity index (χ1n) is 13.1. The van der Waals surface area contributed by atoms with Crippen LogP contribution in [0.2, 0.25) is 0 Å². The van der Waals surface area contributed by atoms with Gasteiger partial charge in [-0.25, -0.2) is 4.79 Å². The summed E-state index contributed by atoms with van der Waals surface area (Å²) in [5.41, 5.74) is 1.20. The Labute approximate surface area is 236 Å². The van der Waals surface area contributed by atoms with Crippen molar-refractivity contribution in [2.45, 2.75) is 62.3 Å². The number of aliphatic hydroxyl groups excluding tert-OH is 4. The van der Waals surface area contributed by atoms with Crippen molar-refractivity contribution in [3.63, 3.8) is 0 Å². The second-order valence-corrected chi connectivity index (χ2v) is 9.69. The highest BCUT2D eigenvalue weighted by atomic mass is 16.6. The molecule has 1 aliphatic heterocycles. The predicted octanol–water partition coefficient (Wildman–Crippen LogP) is -0.320. The van der Waals surface area contributed by atoms with Gasteiger partial charge in [0, 0.05) is 6.54 Å². The molecule has 2 aromatic rings. The number of amides is 3. The standard InChI is InChI=1S/C28H35N3O10/c32-15-20(30-26(38)21-12-7-13-31(21)28(40)41-16-17-8-3-1-4-9-17)23(35)24(36)25(37)27(39)29-19(14-22(33)34)18-10-5-2-6-11-18/h1-6,8-11,19-21,23-25,32,35-37H,7,12-16H2,(H,29,39)(H,30,38)(H,33,34)/t19-,20-,21-,23+,24+,25-/m0/s1. The van der Waals surface area contributed by atoms with Crippen molar-refractivity contribution in [1.29, 1.82) is 0 Å². The third kappa shape index (κ3) is 8.72. The second-order valence-electron chi connectivity index (χ2n) is 9.69. The lowest BCUT2D eigenvalue weighted by Crippen LogP contribution is -2.59. The van der Waals surface area contributed by atoms with Gasteiger partial charge in [0.1, 0.15) is 24.9 Å². The zero-order valence-corrected chi connectivity index (χ0v) is 22.2. The maximum Gasteiger partial charge on any atom is 0.410 e. The fourth-order valence-electron chi connectivity index (χ4n) is 4.53. The van der Waals surface area contributed by atoms with Crippen molar-refractivity contribution in [3.05, 3.63) is 71.8 Å². The van der Waals surface area contributed by atoms with Crippen LogP contribution in [0.1, 0.15) is 36.4 Å². The number of aliphatic hydroxyl groups is 4. The van der Waals surface area contributed by atoms with Crippen molar-refractivity contribution in [2.75, 3.05) is 13.2 Å². The van der Waals surface area contributed by atoms with Gasteiger partial charge < -0.3 is 40.9 Å². The molecule has 1 saturated heterocycles. The van der Waals surface area contributed by atoms with Crippen molar-refractivity contribution in [3.8, 4) is 0 Å². The molecule has 0 aliphatic carbocycles. The van der Waals surface area contributed by atoms with Crippen LogP contribution in [-0.4, -0.2) is 97.9 Å². The first-order chi connectivity index (χ1) is 19.6. The Kier molecular flexibility index (Phi) is 11.6. The zero-order chi connectivity index (χ0) is 29.9. The number of benzene rings is 2. The van der Waals surface area contributed by atoms with Gasteiger partial charge in [0.05, 0.1) is 25.1 Å². The van der Waals surface area contributed by atoms with E-state index >= 15 is 0 Å². The molecular weight excluding hydrogens is 538 g/mol. The molecule has 222 valence electrons. The minimum Gasteiger partial charge on any atom is -0.481 e. The molecular formula is C28H35N3O10. The van der Waals surface area contributed by atoms with Crippen LogP contribution in [0, 0.1) is 0 Å². The number of carboxylic acid groups (broad SMARTS) is 1. The summed E-state index contributed by atoms with van der Waals surface area (Å²) in [7, 11) is 0. The SMILES string of the molecule is O=C(O)C[C@H](NC(=O)[C@@H](O)[C@H](O)[C@H](O)[C@H](CO)NC(=O)[C@@H]1CCCN1C(=O)OCc1ccccc1)c1ccccc1. The number of nitrogens with zero attached hydrogens (tertiary/aromatic N) is 1. The Balaban J connectivity index is 1.59. The smallest absolute Gasteiger partial charge is 0.410 e. The molecule has 0 radical (unpaired) electrons. The molecule has 1 aliphatic rings. The fraction of sp³-hybridized carbons (Fsp3) is 0.429. The number of carbonyl (C=O) groups is 4. The van der Waals surface area contributed by atoms with Crippen molar-refractivity contribution >= 4 is 23.9 Å². The average molecular weight is 574 g/mol. The monoisotopic (exact) mass is 573 g/mol. The summed E-state index contributed by atoms with van der Waals surface area (Å²) in [6, 6.07) is 13.6. The molecule has 0 spiro atoms. The summed E-state index contributed by atoms with van der Waals surface area (Å²) in [6.07, 6.45) is -6.82. The van der Waals surface area contributed by atoms with Crippen LogP contribution < -0.4 is 10.6 Å². The number of aliphatic carboxylic acids is 1. The first-order valence-corrected chi connectivity index (χ1v) is 13.1. The van der Waals surface area contributed by atoms with Crippen LogP contribution >= 0.6 is 0 Å². The van der Waals surface area contributed by atoms with E-state index in [1.54, 1.807) is 54.6 Å². The van der Waals surface area contributed by atoms with Crippen LogP contribution in [0.15, 0.2) is 60.7 Å². The van der Waals surface area contributed by atoms with Gasteiger partial charge in [-0.1, -0.05) is 60.7 Å². The lowest BCUT2D eigenvalue weighted by atomic mass is 9.99. The third-order valence-corrected chi connectivity index (χ3v) is 6.77. The first kappa shape index (κ1) is 31.5. The Hall–Kier alpha value is -4.04. The van der Waals surface area contributed by atoms with Gasteiger partial charge in [0.15, 0.2) is 6.10 Å². The highest BCUT2D eigenvalue weighted by molar-refractivity contribution is 5.86. The largest absolute Gasteiger partial charge is 0.481 e. The van der Waals surface area contributed by atoms with E-state index in [0.29, 0.717) is 18.4 Å². The molecule has 0 bridgehead atoms. The molecule has 41 heavy (non-hydrogen) atoms. The summed E-state index contributed by atoms with van der Waals surface area (Å²) in [5, 5.41) is 55.2. The molecule has 3 rings (SSSR count). The van der Waals surface area contributed by atoms with Gasteiger partial charge in [-0.2, -0.15) is 0 Å². The van der Waals surface area contributed by atoms with Gasteiger partial charge in [-0.3, -0.25) is 19.3 Å². The van der Waals surface area contributed by atoms with E-state index in [1.807, 2.05) is 6.07 Å². The average Bonchev–Trinajstić information content (AvgIpc) is 3.48. The molecule has 0 saturated carbocycles. The number of carbonyl (C=O) groups excluding carboxylic acids is 3. The van der Waals surface area contributed by atoms with E-state index in [9.17, 15) is 44.7 Å². The number of rotatable bonds is 13. The predicted molar refractivity (Wildman–Crippen MR) is 143 cm³/mol. The number of hydrogen-bond acceptors (Lipinski definition) is 9. The minimum atomic E-state index is -2.23. The summed E-state index contributed by atoms with van der Waals surface area (Å²) in [4.78, 5) is 50.8. The van der Waals surface area contributed by atoms with Crippen LogP contribution in [0.25, 0.3) is 0 Å². The van der Waals surface area contributed by atoms with E-state index in [1.165, 1.54) is 4.90 Å². The Morgan fingerprint density at radius 1 is 0.927 bits per heavy atom. The number of likely N-dealkylation sites (tertiary alicyclic amines) is 1. The molecule has 6 atom stereocenters. The number of carboxylic acids is 1. The normalized spacial score (nSPS) is 18.4. The summed E-state index contributed by atoms with van der Waals surface area (Å²) in [5.74, 6) is -3.12. The van der Waals surface area contributed by atoms with E-state index in [2.05, 4.69) is 10.6 Å². The van der Waals surface area contributed by atoms with E-state index in [-0.39, 0.29) is 13.2 Å². The highest BCUT2D eigenvalue weighted by Gasteiger charge is 2.40. The topological polar surface area (TPSA) is 206 Å². The van der Waals surface area contributed by atoms with Gasteiger partial charge in [0.2, 0.25) is 5.91 Å². The van der Waals surface area contributed by atoms with Crippen molar-refractivity contribution in [2.24, 2.45) is 0 Å². The summed E-state index contributed by atoms with van der Waals surface area (Å²) in [6.45, 7) is -0.611. The van der Waals surface area contributed by atoms with Gasteiger partial charge in [-0.15, -0.1) is 0 Å². The molecule has 2 aromatic carbocycles. The third-order valence-electron chi connectivity index (χ3n) is 6.77. The Bertz CT molecular complexity index is 1170. The van der Waals surface area contributed by atoms with Crippen LogP contribution in [0.5, 0.6) is 0 Å². The number of hydrogen-bond donors (Lipinski definition) is 7. The molecule has 1 fully saturated rings. The van der Waals surface area contributed by atoms with Crippen molar-refractivity contribution in [1.82, 2.24) is 15.5 Å². The molecule has 3 amide bonds. The maximum absolute atomic E-state index is 13.0. The van der Waals surface area contributed by atoms with E-state index in [0.717, 1.165) is 5.56 Å². The molecule has 0 unspecified atom stereocenters.